The van der Waals surface area contributed by atoms with E-state index in [1.807, 2.05) is 26.0 Å². The van der Waals surface area contributed by atoms with Crippen LogP contribution in [0.3, 0.4) is 0 Å². The van der Waals surface area contributed by atoms with Crippen LogP contribution in [-0.2, 0) is 44.9 Å². The number of nitrogens with one attached hydrogen (secondary N) is 1. The molecule has 0 aliphatic carbocycles. The third-order valence-electron chi connectivity index (χ3n) is 2.15. The standard InChI is InChI=1S/C8H10S.C3H7NO2.C2H6.W/c1-2-7-3-5-8(9)6-4-7;5-4-3-1-6-2-3;1-2;/h3-6,9H,2H2,1H3;3-5H,1-2H2;1-2H3;/p-1. The predicted molar refractivity (Wildman–Crippen MR) is 72.3 cm³/mol. The zero-order chi connectivity index (χ0) is 13.1. The van der Waals surface area contributed by atoms with Crippen LogP contribution in [-0.4, -0.2) is 24.5 Å². The average Bonchev–Trinajstić information content (AvgIpc) is 2.32. The molecule has 0 unspecified atom stereocenters. The smallest absolute Gasteiger partial charge is 0.0786 e. The molecule has 1 aliphatic rings. The van der Waals surface area contributed by atoms with E-state index in [9.17, 15) is 0 Å². The molecule has 2 N–H and O–H groups in total. The molecule has 18 heavy (non-hydrogen) atoms. The Morgan fingerprint density at radius 2 is 1.78 bits per heavy atom. The van der Waals surface area contributed by atoms with E-state index in [-0.39, 0.29) is 27.1 Å². The number of hydroxylamine groups is 1. The van der Waals surface area contributed by atoms with Crippen LogP contribution in [0.15, 0.2) is 29.2 Å². The van der Waals surface area contributed by atoms with Gasteiger partial charge in [0.2, 0.25) is 0 Å². The van der Waals surface area contributed by atoms with E-state index in [2.05, 4.69) is 24.5 Å². The Morgan fingerprint density at radius 1 is 1.28 bits per heavy atom. The van der Waals surface area contributed by atoms with Gasteiger partial charge >= 0.3 is 0 Å². The largest absolute Gasteiger partial charge is 0.780 e. The minimum Gasteiger partial charge on any atom is -0.780 e. The molecule has 1 aliphatic heterocycles. The molecule has 0 aromatic heterocycles. The van der Waals surface area contributed by atoms with Crippen LogP contribution in [0.2, 0.25) is 0 Å². The van der Waals surface area contributed by atoms with Crippen LogP contribution >= 0.6 is 0 Å². The van der Waals surface area contributed by atoms with Crippen molar-refractivity contribution >= 4 is 12.6 Å². The second-order valence-electron chi connectivity index (χ2n) is 3.36. The Labute approximate surface area is 130 Å². The fourth-order valence-electron chi connectivity index (χ4n) is 1.04. The number of ether oxygens (including phenoxy) is 1. The van der Waals surface area contributed by atoms with Gasteiger partial charge in [0, 0.05) is 21.1 Å². The summed E-state index contributed by atoms with van der Waals surface area (Å²) >= 11 is 4.92. The molecule has 1 aromatic carbocycles. The second-order valence-corrected chi connectivity index (χ2v) is 3.83. The van der Waals surface area contributed by atoms with Gasteiger partial charge in [-0.1, -0.05) is 45.0 Å². The number of aryl methyl sites for hydroxylation is 1. The van der Waals surface area contributed by atoms with E-state index in [1.54, 1.807) is 0 Å². The van der Waals surface area contributed by atoms with Gasteiger partial charge in [-0.05, 0) is 12.0 Å². The summed E-state index contributed by atoms with van der Waals surface area (Å²) in [7, 11) is 0. The van der Waals surface area contributed by atoms with Crippen LogP contribution in [0.4, 0.5) is 0 Å². The summed E-state index contributed by atoms with van der Waals surface area (Å²) in [5.41, 5.74) is 3.43. The van der Waals surface area contributed by atoms with E-state index in [4.69, 9.17) is 22.6 Å². The van der Waals surface area contributed by atoms with Crippen molar-refractivity contribution in [1.29, 1.82) is 0 Å². The molecule has 0 atom stereocenters. The van der Waals surface area contributed by atoms with Gasteiger partial charge in [0.25, 0.3) is 0 Å². The average molecular weight is 440 g/mol. The minimum absolute atomic E-state index is 0. The van der Waals surface area contributed by atoms with Gasteiger partial charge in [0.1, 0.15) is 0 Å². The number of hydrogen-bond acceptors (Lipinski definition) is 4. The molecule has 1 heterocycles. The van der Waals surface area contributed by atoms with E-state index in [1.165, 1.54) is 5.56 Å². The minimum atomic E-state index is 0. The van der Waals surface area contributed by atoms with Gasteiger partial charge in [-0.3, -0.25) is 0 Å². The molecule has 0 radical (unpaired) electrons. The fourth-order valence-corrected chi connectivity index (χ4v) is 1.17. The third kappa shape index (κ3) is 9.01. The second kappa shape index (κ2) is 13.4. The fraction of sp³-hybridized carbons (Fsp3) is 0.538. The van der Waals surface area contributed by atoms with Gasteiger partial charge < -0.3 is 22.6 Å². The monoisotopic (exact) mass is 440 g/mol. The van der Waals surface area contributed by atoms with Crippen LogP contribution < -0.4 is 5.48 Å². The van der Waals surface area contributed by atoms with Crippen molar-refractivity contribution in [1.82, 2.24) is 5.48 Å². The van der Waals surface area contributed by atoms with Crippen molar-refractivity contribution in [3.8, 4) is 0 Å². The molecule has 1 fully saturated rings. The summed E-state index contributed by atoms with van der Waals surface area (Å²) in [6, 6.07) is 8.28. The summed E-state index contributed by atoms with van der Waals surface area (Å²) in [4.78, 5) is 0.923. The molecule has 5 heteroatoms. The van der Waals surface area contributed by atoms with E-state index >= 15 is 0 Å². The molecule has 1 aromatic rings. The van der Waals surface area contributed by atoms with E-state index < -0.39 is 0 Å². The summed E-state index contributed by atoms with van der Waals surface area (Å²) in [5.74, 6) is 0. The van der Waals surface area contributed by atoms with Gasteiger partial charge in [-0.2, -0.15) is 10.4 Å². The first kappa shape index (κ1) is 20.3. The first-order valence-corrected chi connectivity index (χ1v) is 6.40. The molecule has 0 saturated carbocycles. The van der Waals surface area contributed by atoms with Crippen LogP contribution in [0.5, 0.6) is 0 Å². The maximum absolute atomic E-state index is 8.06. The maximum Gasteiger partial charge on any atom is 0.0786 e. The van der Waals surface area contributed by atoms with Gasteiger partial charge in [0.15, 0.2) is 0 Å². The van der Waals surface area contributed by atoms with Crippen molar-refractivity contribution in [2.24, 2.45) is 0 Å². The normalized spacial score (nSPS) is 12.9. The van der Waals surface area contributed by atoms with Crippen molar-refractivity contribution in [2.75, 3.05) is 13.2 Å². The molecule has 3 nitrogen and oxygen atoms in total. The summed E-state index contributed by atoms with van der Waals surface area (Å²) < 4.78 is 4.70. The van der Waals surface area contributed by atoms with Crippen molar-refractivity contribution in [3.63, 3.8) is 0 Å². The van der Waals surface area contributed by atoms with Crippen LogP contribution in [0, 0.1) is 0 Å². The first-order valence-electron chi connectivity index (χ1n) is 5.99. The molecule has 0 bridgehead atoms. The van der Waals surface area contributed by atoms with Crippen molar-refractivity contribution in [2.45, 2.75) is 38.1 Å². The molecule has 2 rings (SSSR count). The topological polar surface area (TPSA) is 41.5 Å². The Bertz CT molecular complexity index is 276. The summed E-state index contributed by atoms with van der Waals surface area (Å²) in [6.45, 7) is 7.44. The first-order chi connectivity index (χ1) is 8.26. The Kier molecular flexibility index (Phi) is 15.2. The number of hydrogen-bond donors (Lipinski definition) is 2. The van der Waals surface area contributed by atoms with Gasteiger partial charge in [-0.15, -0.1) is 0 Å². The molecule has 104 valence electrons. The molecule has 1 saturated heterocycles. The summed E-state index contributed by atoms with van der Waals surface area (Å²) in [6.07, 6.45) is 1.09. The van der Waals surface area contributed by atoms with Gasteiger partial charge in [-0.25, -0.2) is 0 Å². The van der Waals surface area contributed by atoms with Crippen molar-refractivity contribution in [3.05, 3.63) is 29.8 Å². The van der Waals surface area contributed by atoms with Gasteiger partial charge in [0.05, 0.1) is 19.3 Å². The number of rotatable bonds is 2. The zero-order valence-corrected chi connectivity index (χ0v) is 14.9. The van der Waals surface area contributed by atoms with Crippen LogP contribution in [0.1, 0.15) is 26.3 Å². The third-order valence-corrected chi connectivity index (χ3v) is 2.42. The SMILES string of the molecule is CC.CCc1ccc([S-])cc1.ONC1COC1.[W]. The number of benzene rings is 1. The zero-order valence-electron chi connectivity index (χ0n) is 11.2. The van der Waals surface area contributed by atoms with Crippen LogP contribution in [0.25, 0.3) is 0 Å². The summed E-state index contributed by atoms with van der Waals surface area (Å²) in [5, 5.41) is 8.06. The predicted octanol–water partition coefficient (Wildman–Crippen LogP) is 2.54. The molecular formula is C13H22NO2SW-. The Balaban J connectivity index is 0. The molecular weight excluding hydrogens is 418 g/mol. The molecule has 0 spiro atoms. The molecule has 0 amide bonds. The van der Waals surface area contributed by atoms with E-state index in [0.717, 1.165) is 11.3 Å². The maximum atomic E-state index is 8.06. The van der Waals surface area contributed by atoms with E-state index in [0.29, 0.717) is 13.2 Å². The Hall–Kier alpha value is 0.00831. The quantitative estimate of drug-likeness (QED) is 0.548. The van der Waals surface area contributed by atoms with Crippen molar-refractivity contribution < 1.29 is 31.0 Å². The Morgan fingerprint density at radius 3 is 2.00 bits per heavy atom.